The predicted molar refractivity (Wildman–Crippen MR) is 65.6 cm³/mol. The Kier molecular flexibility index (Phi) is 5.12. The van der Waals surface area contributed by atoms with E-state index < -0.39 is 11.9 Å². The second-order valence-corrected chi connectivity index (χ2v) is 4.02. The van der Waals surface area contributed by atoms with Crippen molar-refractivity contribution in [2.45, 2.75) is 13.1 Å². The summed E-state index contributed by atoms with van der Waals surface area (Å²) < 4.78 is 37.6. The molecule has 0 spiro atoms. The maximum Gasteiger partial charge on any atom is 0.433 e. The van der Waals surface area contributed by atoms with Crippen LogP contribution in [0.15, 0.2) is 12.1 Å². The number of nitrogens with zero attached hydrogens (tertiary/aromatic N) is 3. The molecule has 4 nitrogen and oxygen atoms in total. The van der Waals surface area contributed by atoms with Crippen molar-refractivity contribution in [3.63, 3.8) is 0 Å². The van der Waals surface area contributed by atoms with Gasteiger partial charge in [-0.15, -0.1) is 0 Å². The largest absolute Gasteiger partial charge is 0.433 e. The molecule has 0 fully saturated rings. The van der Waals surface area contributed by atoms with Crippen molar-refractivity contribution in [2.75, 3.05) is 32.0 Å². The number of anilines is 1. The van der Waals surface area contributed by atoms with Crippen LogP contribution in [0.25, 0.3) is 0 Å². The first-order valence-corrected chi connectivity index (χ1v) is 5.79. The number of halogens is 3. The highest BCUT2D eigenvalue weighted by atomic mass is 19.4. The Morgan fingerprint density at radius 2 is 2.11 bits per heavy atom. The minimum absolute atomic E-state index is 0.0261. The van der Waals surface area contributed by atoms with E-state index in [0.717, 1.165) is 18.7 Å². The zero-order valence-electron chi connectivity index (χ0n) is 10.8. The molecule has 0 saturated carbocycles. The number of hydrogen-bond acceptors (Lipinski definition) is 4. The molecule has 1 aromatic heterocycles. The Morgan fingerprint density at radius 1 is 1.42 bits per heavy atom. The van der Waals surface area contributed by atoms with Gasteiger partial charge in [-0.2, -0.15) is 18.4 Å². The van der Waals surface area contributed by atoms with Gasteiger partial charge in [-0.3, -0.25) is 0 Å². The summed E-state index contributed by atoms with van der Waals surface area (Å²) in [6.45, 7) is 3.89. The average molecular weight is 272 g/mol. The average Bonchev–Trinajstić information content (AvgIpc) is 2.37. The molecule has 0 unspecified atom stereocenters. The minimum Gasteiger partial charge on any atom is -0.368 e. The number of pyridine rings is 1. The zero-order valence-corrected chi connectivity index (χ0v) is 10.8. The molecule has 0 radical (unpaired) electrons. The summed E-state index contributed by atoms with van der Waals surface area (Å²) in [5.74, 6) is -0.0261. The molecule has 0 aliphatic rings. The van der Waals surface area contributed by atoms with Gasteiger partial charge < -0.3 is 10.2 Å². The molecule has 0 aromatic carbocycles. The van der Waals surface area contributed by atoms with Gasteiger partial charge in [0.25, 0.3) is 0 Å². The van der Waals surface area contributed by atoms with Crippen LogP contribution in [-0.4, -0.2) is 36.6 Å². The van der Waals surface area contributed by atoms with E-state index in [1.165, 1.54) is 0 Å². The van der Waals surface area contributed by atoms with E-state index in [1.54, 1.807) is 0 Å². The summed E-state index contributed by atoms with van der Waals surface area (Å²) in [4.78, 5) is 5.45. The Morgan fingerprint density at radius 3 is 2.63 bits per heavy atom. The number of aromatic nitrogens is 1. The number of alkyl halides is 3. The molecule has 1 rings (SSSR count). The van der Waals surface area contributed by atoms with E-state index in [9.17, 15) is 13.2 Å². The standard InChI is InChI=1S/C12H15F3N4/c1-3-19(2)7-6-17-11-9(8-16)4-5-10(18-11)12(13,14)15/h4-5H,3,6-7H2,1-2H3,(H,17,18). The van der Waals surface area contributed by atoms with E-state index in [0.29, 0.717) is 13.1 Å². The molecule has 0 atom stereocenters. The van der Waals surface area contributed by atoms with E-state index in [4.69, 9.17) is 5.26 Å². The van der Waals surface area contributed by atoms with Crippen LogP contribution in [-0.2, 0) is 6.18 Å². The molecule has 7 heteroatoms. The van der Waals surface area contributed by atoms with Gasteiger partial charge in [-0.05, 0) is 25.7 Å². The fourth-order valence-electron chi connectivity index (χ4n) is 1.37. The summed E-state index contributed by atoms with van der Waals surface area (Å²) >= 11 is 0. The topological polar surface area (TPSA) is 52.0 Å². The third-order valence-electron chi connectivity index (χ3n) is 2.63. The number of rotatable bonds is 5. The summed E-state index contributed by atoms with van der Waals surface area (Å²) in [5, 5.41) is 11.6. The molecule has 0 bridgehead atoms. The van der Waals surface area contributed by atoms with Crippen molar-refractivity contribution in [2.24, 2.45) is 0 Å². The van der Waals surface area contributed by atoms with Gasteiger partial charge in [0.15, 0.2) is 0 Å². The number of hydrogen-bond donors (Lipinski definition) is 1. The lowest BCUT2D eigenvalue weighted by Gasteiger charge is -2.15. The van der Waals surface area contributed by atoms with Crippen LogP contribution < -0.4 is 5.32 Å². The molecule has 1 heterocycles. The van der Waals surface area contributed by atoms with Gasteiger partial charge in [0.1, 0.15) is 17.6 Å². The van der Waals surface area contributed by atoms with Gasteiger partial charge in [0.05, 0.1) is 5.56 Å². The van der Waals surface area contributed by atoms with Crippen molar-refractivity contribution in [3.8, 4) is 6.07 Å². The Bertz CT molecular complexity index is 465. The highest BCUT2D eigenvalue weighted by Crippen LogP contribution is 2.29. The van der Waals surface area contributed by atoms with E-state index in [-0.39, 0.29) is 11.4 Å². The van der Waals surface area contributed by atoms with Gasteiger partial charge in [0.2, 0.25) is 0 Å². The van der Waals surface area contributed by atoms with Crippen LogP contribution in [0.2, 0.25) is 0 Å². The molecule has 19 heavy (non-hydrogen) atoms. The van der Waals surface area contributed by atoms with Gasteiger partial charge in [-0.1, -0.05) is 6.92 Å². The van der Waals surface area contributed by atoms with Crippen LogP contribution in [0.1, 0.15) is 18.2 Å². The first-order valence-electron chi connectivity index (χ1n) is 5.79. The molecular weight excluding hydrogens is 257 g/mol. The van der Waals surface area contributed by atoms with Crippen LogP contribution >= 0.6 is 0 Å². The van der Waals surface area contributed by atoms with Crippen molar-refractivity contribution < 1.29 is 13.2 Å². The SMILES string of the molecule is CCN(C)CCNc1nc(C(F)(F)F)ccc1C#N. The zero-order chi connectivity index (χ0) is 14.5. The number of likely N-dealkylation sites (N-methyl/N-ethyl adjacent to an activating group) is 1. The lowest BCUT2D eigenvalue weighted by atomic mass is 10.2. The first kappa shape index (κ1) is 15.2. The van der Waals surface area contributed by atoms with Crippen LogP contribution in [0.5, 0.6) is 0 Å². The lowest BCUT2D eigenvalue weighted by Crippen LogP contribution is -2.25. The molecule has 0 aliphatic heterocycles. The van der Waals surface area contributed by atoms with Crippen LogP contribution in [0, 0.1) is 11.3 Å². The number of nitrogens with one attached hydrogen (secondary N) is 1. The van der Waals surface area contributed by atoms with E-state index in [2.05, 4.69) is 10.3 Å². The maximum atomic E-state index is 12.5. The Hall–Kier alpha value is -1.81. The molecule has 0 amide bonds. The minimum atomic E-state index is -4.51. The quantitative estimate of drug-likeness (QED) is 0.893. The second-order valence-electron chi connectivity index (χ2n) is 4.02. The van der Waals surface area contributed by atoms with Crippen LogP contribution in [0.3, 0.4) is 0 Å². The molecule has 1 N–H and O–H groups in total. The van der Waals surface area contributed by atoms with Crippen molar-refractivity contribution in [1.29, 1.82) is 5.26 Å². The predicted octanol–water partition coefficient (Wildman–Crippen LogP) is 2.34. The molecule has 104 valence electrons. The molecule has 0 aliphatic carbocycles. The van der Waals surface area contributed by atoms with Gasteiger partial charge in [-0.25, -0.2) is 4.98 Å². The normalized spacial score (nSPS) is 11.4. The Balaban J connectivity index is 2.83. The van der Waals surface area contributed by atoms with Crippen molar-refractivity contribution in [3.05, 3.63) is 23.4 Å². The summed E-state index contributed by atoms with van der Waals surface area (Å²) in [6, 6.07) is 3.75. The van der Waals surface area contributed by atoms with Crippen molar-refractivity contribution >= 4 is 5.82 Å². The van der Waals surface area contributed by atoms with E-state index >= 15 is 0 Å². The third-order valence-corrected chi connectivity index (χ3v) is 2.63. The maximum absolute atomic E-state index is 12.5. The fraction of sp³-hybridized carbons (Fsp3) is 0.500. The highest BCUT2D eigenvalue weighted by Gasteiger charge is 2.33. The molecule has 0 saturated heterocycles. The van der Waals surface area contributed by atoms with Gasteiger partial charge in [0, 0.05) is 13.1 Å². The first-order chi connectivity index (χ1) is 8.88. The smallest absolute Gasteiger partial charge is 0.368 e. The second kappa shape index (κ2) is 6.38. The number of nitriles is 1. The van der Waals surface area contributed by atoms with Crippen molar-refractivity contribution in [1.82, 2.24) is 9.88 Å². The summed E-state index contributed by atoms with van der Waals surface area (Å²) in [5.41, 5.74) is -0.898. The third kappa shape index (κ3) is 4.41. The summed E-state index contributed by atoms with van der Waals surface area (Å²) in [6.07, 6.45) is -4.51. The van der Waals surface area contributed by atoms with Crippen LogP contribution in [0.4, 0.5) is 19.0 Å². The molecule has 1 aromatic rings. The lowest BCUT2D eigenvalue weighted by molar-refractivity contribution is -0.141. The van der Waals surface area contributed by atoms with E-state index in [1.807, 2.05) is 24.9 Å². The summed E-state index contributed by atoms with van der Waals surface area (Å²) in [7, 11) is 1.90. The molecular formula is C12H15F3N4. The monoisotopic (exact) mass is 272 g/mol. The highest BCUT2D eigenvalue weighted by molar-refractivity contribution is 5.52. The Labute approximate surface area is 109 Å². The van der Waals surface area contributed by atoms with Gasteiger partial charge >= 0.3 is 6.18 Å². The fourth-order valence-corrected chi connectivity index (χ4v) is 1.37.